The van der Waals surface area contributed by atoms with E-state index >= 15 is 0 Å². The van der Waals surface area contributed by atoms with E-state index in [4.69, 9.17) is 4.74 Å². The number of piperidine rings is 1. The third kappa shape index (κ3) is 3.04. The molecule has 1 aliphatic heterocycles. The van der Waals surface area contributed by atoms with Crippen molar-refractivity contribution < 1.29 is 17.9 Å². The topological polar surface area (TPSA) is 63.7 Å². The SMILES string of the molecule is O=C(OCc1ccccc1)C1C2CCC(C2)N1S(=O)(=O)c1ccccc1. The highest BCUT2D eigenvalue weighted by atomic mass is 32.2. The summed E-state index contributed by atoms with van der Waals surface area (Å²) in [6.45, 7) is 0.160. The number of ether oxygens (including phenoxy) is 1. The number of benzene rings is 2. The van der Waals surface area contributed by atoms with Gasteiger partial charge in [-0.05, 0) is 42.9 Å². The predicted octanol–water partition coefficient (Wildman–Crippen LogP) is 2.97. The summed E-state index contributed by atoms with van der Waals surface area (Å²) in [5.74, 6) is -0.401. The van der Waals surface area contributed by atoms with Crippen molar-refractivity contribution in [3.05, 3.63) is 66.2 Å². The first-order valence-electron chi connectivity index (χ1n) is 8.86. The molecule has 3 unspecified atom stereocenters. The van der Waals surface area contributed by atoms with Gasteiger partial charge in [0.1, 0.15) is 12.6 Å². The number of nitrogens with zero attached hydrogens (tertiary/aromatic N) is 1. The van der Waals surface area contributed by atoms with Crippen LogP contribution in [0.1, 0.15) is 24.8 Å². The third-order valence-electron chi connectivity index (χ3n) is 5.31. The Balaban J connectivity index is 1.57. The van der Waals surface area contributed by atoms with Gasteiger partial charge in [-0.3, -0.25) is 4.79 Å². The van der Waals surface area contributed by atoms with Gasteiger partial charge >= 0.3 is 5.97 Å². The predicted molar refractivity (Wildman–Crippen MR) is 96.6 cm³/mol. The molecule has 3 atom stereocenters. The Morgan fingerprint density at radius 2 is 1.65 bits per heavy atom. The second-order valence-electron chi connectivity index (χ2n) is 6.91. The molecule has 2 aliphatic rings. The number of rotatable bonds is 5. The van der Waals surface area contributed by atoms with E-state index in [1.807, 2.05) is 30.3 Å². The van der Waals surface area contributed by atoms with Gasteiger partial charge in [0.05, 0.1) is 4.90 Å². The quantitative estimate of drug-likeness (QED) is 0.758. The van der Waals surface area contributed by atoms with Crippen LogP contribution in [0.2, 0.25) is 0 Å². The van der Waals surface area contributed by atoms with E-state index in [2.05, 4.69) is 0 Å². The maximum atomic E-state index is 13.1. The zero-order valence-electron chi connectivity index (χ0n) is 14.3. The van der Waals surface area contributed by atoms with E-state index < -0.39 is 22.0 Å². The van der Waals surface area contributed by atoms with Crippen molar-refractivity contribution in [3.63, 3.8) is 0 Å². The molecule has 4 rings (SSSR count). The molecule has 1 heterocycles. The fourth-order valence-corrected chi connectivity index (χ4v) is 6.00. The minimum absolute atomic E-state index is 0.0433. The van der Waals surface area contributed by atoms with Crippen molar-refractivity contribution >= 4 is 16.0 Å². The van der Waals surface area contributed by atoms with Crippen molar-refractivity contribution in [2.45, 2.75) is 42.8 Å². The highest BCUT2D eigenvalue weighted by molar-refractivity contribution is 7.89. The largest absolute Gasteiger partial charge is 0.460 e. The third-order valence-corrected chi connectivity index (χ3v) is 7.26. The smallest absolute Gasteiger partial charge is 0.325 e. The fourth-order valence-electron chi connectivity index (χ4n) is 4.11. The summed E-state index contributed by atoms with van der Waals surface area (Å²) in [7, 11) is -3.71. The summed E-state index contributed by atoms with van der Waals surface area (Å²) in [6, 6.07) is 16.9. The molecule has 2 bridgehead atoms. The number of sulfonamides is 1. The van der Waals surface area contributed by atoms with Crippen molar-refractivity contribution in [2.24, 2.45) is 5.92 Å². The molecule has 0 aromatic heterocycles. The van der Waals surface area contributed by atoms with Crippen LogP contribution in [0.25, 0.3) is 0 Å². The van der Waals surface area contributed by atoms with Gasteiger partial charge in [-0.1, -0.05) is 48.5 Å². The van der Waals surface area contributed by atoms with Crippen LogP contribution in [0.3, 0.4) is 0 Å². The maximum absolute atomic E-state index is 13.1. The number of esters is 1. The van der Waals surface area contributed by atoms with Crippen molar-refractivity contribution in [1.29, 1.82) is 0 Å². The normalized spacial score (nSPS) is 25.3. The van der Waals surface area contributed by atoms with Crippen LogP contribution in [0, 0.1) is 5.92 Å². The van der Waals surface area contributed by atoms with E-state index in [1.165, 1.54) is 4.31 Å². The first-order chi connectivity index (χ1) is 12.6. The Bertz CT molecular complexity index is 883. The molecule has 0 amide bonds. The highest BCUT2D eigenvalue weighted by Crippen LogP contribution is 2.45. The standard InChI is InChI=1S/C20H21NO4S/c22-20(25-14-15-7-3-1-4-8-15)19-16-11-12-17(13-16)21(19)26(23,24)18-9-5-2-6-10-18/h1-10,16-17,19H,11-14H2. The van der Waals surface area contributed by atoms with E-state index in [0.717, 1.165) is 24.8 Å². The van der Waals surface area contributed by atoms with Gasteiger partial charge in [-0.15, -0.1) is 0 Å². The highest BCUT2D eigenvalue weighted by Gasteiger charge is 2.55. The molecular weight excluding hydrogens is 350 g/mol. The molecule has 1 saturated carbocycles. The number of hydrogen-bond donors (Lipinski definition) is 0. The molecule has 2 aromatic carbocycles. The summed E-state index contributed by atoms with van der Waals surface area (Å²) in [6.07, 6.45) is 2.41. The number of carbonyl (C=O) groups is 1. The van der Waals surface area contributed by atoms with Crippen LogP contribution in [-0.4, -0.2) is 30.8 Å². The average Bonchev–Trinajstić information content (AvgIpc) is 3.29. The average molecular weight is 371 g/mol. The molecular formula is C20H21NO4S. The van der Waals surface area contributed by atoms with Gasteiger partial charge in [-0.2, -0.15) is 4.31 Å². The zero-order chi connectivity index (χ0) is 18.1. The van der Waals surface area contributed by atoms with Gasteiger partial charge in [0.2, 0.25) is 10.0 Å². The zero-order valence-corrected chi connectivity index (χ0v) is 15.1. The summed E-state index contributed by atoms with van der Waals surface area (Å²) >= 11 is 0. The molecule has 1 aliphatic carbocycles. The van der Waals surface area contributed by atoms with E-state index in [0.29, 0.717) is 0 Å². The minimum Gasteiger partial charge on any atom is -0.460 e. The van der Waals surface area contributed by atoms with Crippen LogP contribution in [0.4, 0.5) is 0 Å². The minimum atomic E-state index is -3.71. The molecule has 1 saturated heterocycles. The molecule has 2 aromatic rings. The fraction of sp³-hybridized carbons (Fsp3) is 0.350. The Morgan fingerprint density at radius 1 is 1.00 bits per heavy atom. The lowest BCUT2D eigenvalue weighted by atomic mass is 10.0. The number of fused-ring (bicyclic) bond motifs is 2. The molecule has 0 radical (unpaired) electrons. The Labute approximate surface area is 153 Å². The van der Waals surface area contributed by atoms with Gasteiger partial charge < -0.3 is 4.74 Å². The van der Waals surface area contributed by atoms with Crippen LogP contribution >= 0.6 is 0 Å². The maximum Gasteiger partial charge on any atom is 0.325 e. The second kappa shape index (κ2) is 6.85. The molecule has 6 heteroatoms. The lowest BCUT2D eigenvalue weighted by molar-refractivity contribution is -0.151. The summed E-state index contributed by atoms with van der Waals surface area (Å²) in [5.41, 5.74) is 0.890. The van der Waals surface area contributed by atoms with Gasteiger partial charge in [-0.25, -0.2) is 8.42 Å². The Kier molecular flexibility index (Phi) is 4.54. The van der Waals surface area contributed by atoms with Crippen LogP contribution in [0.5, 0.6) is 0 Å². The molecule has 26 heavy (non-hydrogen) atoms. The van der Waals surface area contributed by atoms with Crippen LogP contribution in [0.15, 0.2) is 65.6 Å². The van der Waals surface area contributed by atoms with Gasteiger partial charge in [0.25, 0.3) is 0 Å². The van der Waals surface area contributed by atoms with Gasteiger partial charge in [0.15, 0.2) is 0 Å². The molecule has 2 fully saturated rings. The lowest BCUT2D eigenvalue weighted by Crippen LogP contribution is -2.49. The van der Waals surface area contributed by atoms with Crippen LogP contribution < -0.4 is 0 Å². The van der Waals surface area contributed by atoms with Crippen molar-refractivity contribution in [3.8, 4) is 0 Å². The number of carbonyl (C=O) groups excluding carboxylic acids is 1. The summed E-state index contributed by atoms with van der Waals surface area (Å²) in [5, 5.41) is 0. The van der Waals surface area contributed by atoms with Crippen LogP contribution in [-0.2, 0) is 26.2 Å². The van der Waals surface area contributed by atoms with Crippen molar-refractivity contribution in [1.82, 2.24) is 4.31 Å². The summed E-state index contributed by atoms with van der Waals surface area (Å²) < 4.78 is 33.2. The van der Waals surface area contributed by atoms with E-state index in [-0.39, 0.29) is 23.5 Å². The molecule has 0 spiro atoms. The lowest BCUT2D eigenvalue weighted by Gasteiger charge is -2.32. The number of hydrogen-bond acceptors (Lipinski definition) is 4. The summed E-state index contributed by atoms with van der Waals surface area (Å²) in [4.78, 5) is 13.0. The van der Waals surface area contributed by atoms with Crippen molar-refractivity contribution in [2.75, 3.05) is 0 Å². The monoisotopic (exact) mass is 371 g/mol. The molecule has 136 valence electrons. The van der Waals surface area contributed by atoms with E-state index in [1.54, 1.807) is 30.3 Å². The molecule has 0 N–H and O–H groups in total. The first-order valence-corrected chi connectivity index (χ1v) is 10.3. The molecule has 5 nitrogen and oxygen atoms in total. The second-order valence-corrected chi connectivity index (χ2v) is 8.76. The van der Waals surface area contributed by atoms with Gasteiger partial charge in [0, 0.05) is 6.04 Å². The Hall–Kier alpha value is -2.18. The Morgan fingerprint density at radius 3 is 2.35 bits per heavy atom. The van der Waals surface area contributed by atoms with E-state index in [9.17, 15) is 13.2 Å². The first kappa shape index (κ1) is 17.2.